The van der Waals surface area contributed by atoms with Crippen molar-refractivity contribution in [3.8, 4) is 0 Å². The summed E-state index contributed by atoms with van der Waals surface area (Å²) in [5, 5.41) is 2.74. The Morgan fingerprint density at radius 2 is 1.84 bits per heavy atom. The lowest BCUT2D eigenvalue weighted by Gasteiger charge is -2.14. The molecule has 0 aliphatic heterocycles. The van der Waals surface area contributed by atoms with Crippen LogP contribution in [0.1, 0.15) is 45.8 Å². The molecule has 2 aromatic rings. The molecule has 2 rings (SSSR count). The highest BCUT2D eigenvalue weighted by atomic mass is 16.5. The van der Waals surface area contributed by atoms with Crippen LogP contribution in [0, 0.1) is 6.92 Å². The van der Waals surface area contributed by atoms with E-state index >= 15 is 0 Å². The van der Waals surface area contributed by atoms with Crippen molar-refractivity contribution in [2.75, 3.05) is 0 Å². The number of hydrogen-bond acceptors (Lipinski definition) is 4. The topological polar surface area (TPSA) is 77.4 Å². The average Bonchev–Trinajstić information content (AvgIpc) is 2.96. The Balaban J connectivity index is 1.92. The zero-order chi connectivity index (χ0) is 18.6. The van der Waals surface area contributed by atoms with E-state index in [1.807, 2.05) is 31.2 Å². The number of carbonyl (C=O) groups excluding carboxylic acids is 3. The first-order valence-corrected chi connectivity index (χ1v) is 7.99. The second kappa shape index (κ2) is 7.79. The van der Waals surface area contributed by atoms with E-state index in [0.717, 1.165) is 11.1 Å². The van der Waals surface area contributed by atoms with E-state index in [-0.39, 0.29) is 17.4 Å². The summed E-state index contributed by atoms with van der Waals surface area (Å²) in [6.45, 7) is 5.29. The van der Waals surface area contributed by atoms with Gasteiger partial charge in [-0.05, 0) is 32.4 Å². The van der Waals surface area contributed by atoms with Crippen LogP contribution >= 0.6 is 0 Å². The van der Waals surface area contributed by atoms with Crippen LogP contribution in [0.2, 0.25) is 0 Å². The average molecular weight is 342 g/mol. The maximum absolute atomic E-state index is 12.2. The normalized spacial score (nSPS) is 11.7. The molecular weight excluding hydrogens is 320 g/mol. The molecule has 1 amide bonds. The van der Waals surface area contributed by atoms with E-state index in [4.69, 9.17) is 4.74 Å². The molecule has 0 saturated carbocycles. The fourth-order valence-corrected chi connectivity index (χ4v) is 2.27. The van der Waals surface area contributed by atoms with Gasteiger partial charge in [0.1, 0.15) is 5.69 Å². The number of esters is 1. The number of Topliss-reactive ketones (excluding diaryl/α,β-unsaturated/α-hetero) is 1. The number of aromatic nitrogens is 1. The Morgan fingerprint density at radius 1 is 1.20 bits per heavy atom. The summed E-state index contributed by atoms with van der Waals surface area (Å²) in [7, 11) is 1.64. The maximum atomic E-state index is 12.2. The molecule has 1 aromatic carbocycles. The lowest BCUT2D eigenvalue weighted by Crippen LogP contribution is -2.35. The highest BCUT2D eigenvalue weighted by molar-refractivity contribution is 5.98. The van der Waals surface area contributed by atoms with Crippen molar-refractivity contribution in [2.45, 2.75) is 33.4 Å². The number of amides is 1. The van der Waals surface area contributed by atoms with Gasteiger partial charge in [0.15, 0.2) is 11.9 Å². The quantitative estimate of drug-likeness (QED) is 0.646. The number of rotatable bonds is 6. The second-order valence-electron chi connectivity index (χ2n) is 6.03. The number of hydrogen-bond donors (Lipinski definition) is 1. The third-order valence-corrected chi connectivity index (χ3v) is 3.86. The van der Waals surface area contributed by atoms with Crippen molar-refractivity contribution in [1.29, 1.82) is 0 Å². The predicted octanol–water partition coefficient (Wildman–Crippen LogP) is 2.40. The van der Waals surface area contributed by atoms with E-state index in [9.17, 15) is 14.4 Å². The molecule has 0 saturated heterocycles. The molecular formula is C19H22N2O4. The molecule has 132 valence electrons. The van der Waals surface area contributed by atoms with Crippen molar-refractivity contribution >= 4 is 17.7 Å². The number of nitrogens with zero attached hydrogens (tertiary/aromatic N) is 1. The van der Waals surface area contributed by atoms with E-state index < -0.39 is 12.1 Å². The van der Waals surface area contributed by atoms with Gasteiger partial charge in [-0.15, -0.1) is 0 Å². The van der Waals surface area contributed by atoms with Gasteiger partial charge in [0.25, 0.3) is 5.91 Å². The van der Waals surface area contributed by atoms with E-state index in [0.29, 0.717) is 12.1 Å². The highest BCUT2D eigenvalue weighted by Gasteiger charge is 2.21. The van der Waals surface area contributed by atoms with Crippen LogP contribution in [-0.2, 0) is 23.1 Å². The monoisotopic (exact) mass is 342 g/mol. The summed E-state index contributed by atoms with van der Waals surface area (Å²) in [5.41, 5.74) is 2.75. The van der Waals surface area contributed by atoms with Crippen LogP contribution in [0.3, 0.4) is 0 Å². The van der Waals surface area contributed by atoms with Gasteiger partial charge in [-0.3, -0.25) is 9.59 Å². The standard InChI is InChI=1S/C19H22N2O4/c1-12-5-7-15(8-6-12)10-20-18(23)14(3)25-19(24)17-9-16(13(2)22)11-21(17)4/h5-9,11,14H,10H2,1-4H3,(H,20,23)/t14-/m1/s1. The molecule has 0 bridgehead atoms. The molecule has 1 aromatic heterocycles. The van der Waals surface area contributed by atoms with Crippen molar-refractivity contribution in [2.24, 2.45) is 7.05 Å². The van der Waals surface area contributed by atoms with Crippen LogP contribution in [0.25, 0.3) is 0 Å². The lowest BCUT2D eigenvalue weighted by atomic mass is 10.1. The second-order valence-corrected chi connectivity index (χ2v) is 6.03. The van der Waals surface area contributed by atoms with Crippen LogP contribution < -0.4 is 5.32 Å². The zero-order valence-electron chi connectivity index (χ0n) is 14.8. The first kappa shape index (κ1) is 18.4. The molecule has 1 N–H and O–H groups in total. The smallest absolute Gasteiger partial charge is 0.355 e. The van der Waals surface area contributed by atoms with Gasteiger partial charge in [-0.2, -0.15) is 0 Å². The largest absolute Gasteiger partial charge is 0.448 e. The number of benzene rings is 1. The molecule has 1 heterocycles. The maximum Gasteiger partial charge on any atom is 0.355 e. The zero-order valence-corrected chi connectivity index (χ0v) is 14.8. The molecule has 1 atom stereocenters. The minimum atomic E-state index is -0.936. The van der Waals surface area contributed by atoms with E-state index in [2.05, 4.69) is 5.32 Å². The first-order valence-electron chi connectivity index (χ1n) is 7.99. The fourth-order valence-electron chi connectivity index (χ4n) is 2.27. The van der Waals surface area contributed by atoms with Gasteiger partial charge in [0.05, 0.1) is 0 Å². The third-order valence-electron chi connectivity index (χ3n) is 3.86. The number of aryl methyl sites for hydroxylation is 2. The van der Waals surface area contributed by atoms with Crippen LogP contribution in [0.15, 0.2) is 36.5 Å². The molecule has 0 fully saturated rings. The van der Waals surface area contributed by atoms with Crippen molar-refractivity contribution in [3.05, 3.63) is 58.9 Å². The predicted molar refractivity (Wildman–Crippen MR) is 93.3 cm³/mol. The van der Waals surface area contributed by atoms with Gasteiger partial charge < -0.3 is 14.6 Å². The Bertz CT molecular complexity index is 790. The number of ether oxygens (including phenoxy) is 1. The lowest BCUT2D eigenvalue weighted by molar-refractivity contribution is -0.129. The summed E-state index contributed by atoms with van der Waals surface area (Å²) < 4.78 is 6.71. The van der Waals surface area contributed by atoms with Gasteiger partial charge in [0.2, 0.25) is 0 Å². The minimum absolute atomic E-state index is 0.140. The molecule has 25 heavy (non-hydrogen) atoms. The van der Waals surface area contributed by atoms with E-state index in [1.165, 1.54) is 24.5 Å². The molecule has 0 aliphatic carbocycles. The SMILES string of the molecule is CC(=O)c1cc(C(=O)O[C@H](C)C(=O)NCc2ccc(C)cc2)n(C)c1. The Labute approximate surface area is 146 Å². The molecule has 0 spiro atoms. The van der Waals surface area contributed by atoms with Gasteiger partial charge in [0, 0.05) is 25.4 Å². The fraction of sp³-hybridized carbons (Fsp3) is 0.316. The molecule has 0 unspecified atom stereocenters. The third kappa shape index (κ3) is 4.79. The van der Waals surface area contributed by atoms with Crippen LogP contribution in [-0.4, -0.2) is 28.3 Å². The summed E-state index contributed by atoms with van der Waals surface area (Å²) in [6.07, 6.45) is 0.620. The molecule has 0 aliphatic rings. The summed E-state index contributed by atoms with van der Waals surface area (Å²) in [6, 6.07) is 9.25. The van der Waals surface area contributed by atoms with Gasteiger partial charge >= 0.3 is 5.97 Å². The highest BCUT2D eigenvalue weighted by Crippen LogP contribution is 2.11. The Morgan fingerprint density at radius 3 is 2.40 bits per heavy atom. The molecule has 0 radical (unpaired) electrons. The summed E-state index contributed by atoms with van der Waals surface area (Å²) in [4.78, 5) is 35.7. The molecule has 6 heteroatoms. The number of nitrogens with one attached hydrogen (secondary N) is 1. The summed E-state index contributed by atoms with van der Waals surface area (Å²) >= 11 is 0. The van der Waals surface area contributed by atoms with Crippen LogP contribution in [0.4, 0.5) is 0 Å². The van der Waals surface area contributed by atoms with Crippen molar-refractivity contribution in [1.82, 2.24) is 9.88 Å². The summed E-state index contributed by atoms with van der Waals surface area (Å²) in [5.74, 6) is -1.17. The van der Waals surface area contributed by atoms with Crippen LogP contribution in [0.5, 0.6) is 0 Å². The van der Waals surface area contributed by atoms with Crippen molar-refractivity contribution < 1.29 is 19.1 Å². The van der Waals surface area contributed by atoms with Gasteiger partial charge in [-0.1, -0.05) is 29.8 Å². The first-order chi connectivity index (χ1) is 11.8. The number of ketones is 1. The van der Waals surface area contributed by atoms with Crippen molar-refractivity contribution in [3.63, 3.8) is 0 Å². The van der Waals surface area contributed by atoms with Gasteiger partial charge in [-0.25, -0.2) is 4.79 Å². The Hall–Kier alpha value is -2.89. The minimum Gasteiger partial charge on any atom is -0.448 e. The molecule has 6 nitrogen and oxygen atoms in total. The Kier molecular flexibility index (Phi) is 5.75. The number of carbonyl (C=O) groups is 3. The van der Waals surface area contributed by atoms with E-state index in [1.54, 1.807) is 13.2 Å².